The van der Waals surface area contributed by atoms with Gasteiger partial charge in [0, 0.05) is 24.8 Å². The number of carboxylic acids is 1. The number of carbonyl (C=O) groups is 1. The van der Waals surface area contributed by atoms with Crippen molar-refractivity contribution in [2.45, 2.75) is 30.7 Å². The third-order valence-electron chi connectivity index (χ3n) is 4.59. The maximum absolute atomic E-state index is 12.6. The van der Waals surface area contributed by atoms with Crippen molar-refractivity contribution < 1.29 is 18.3 Å². The van der Waals surface area contributed by atoms with Crippen molar-refractivity contribution in [1.82, 2.24) is 4.72 Å². The maximum atomic E-state index is 12.6. The van der Waals surface area contributed by atoms with Crippen LogP contribution < -0.4 is 9.62 Å². The fourth-order valence-corrected chi connectivity index (χ4v) is 4.74. The van der Waals surface area contributed by atoms with E-state index < -0.39 is 16.0 Å². The minimum atomic E-state index is -3.87. The first kappa shape index (κ1) is 18.4. The van der Waals surface area contributed by atoms with E-state index in [2.05, 4.69) is 21.8 Å². The average molecular weight is 374 g/mol. The highest BCUT2D eigenvalue weighted by Gasteiger charge is 2.27. The van der Waals surface area contributed by atoms with Crippen molar-refractivity contribution in [3.63, 3.8) is 0 Å². The molecule has 2 aromatic carbocycles. The Kier molecular flexibility index (Phi) is 5.29. The number of hydrogen-bond donors (Lipinski definition) is 2. The molecule has 1 saturated heterocycles. The van der Waals surface area contributed by atoms with Gasteiger partial charge < -0.3 is 10.0 Å². The second-order valence-corrected chi connectivity index (χ2v) is 8.21. The number of anilines is 1. The number of nitrogens with zero attached hydrogens (tertiary/aromatic N) is 1. The molecule has 2 N–H and O–H groups in total. The predicted molar refractivity (Wildman–Crippen MR) is 100 cm³/mol. The van der Waals surface area contributed by atoms with E-state index in [0.29, 0.717) is 12.8 Å². The molecule has 6 nitrogen and oxygen atoms in total. The first-order valence-electron chi connectivity index (χ1n) is 8.53. The van der Waals surface area contributed by atoms with Gasteiger partial charge in [0.25, 0.3) is 0 Å². The van der Waals surface area contributed by atoms with Gasteiger partial charge in [-0.2, -0.15) is 0 Å². The molecule has 26 heavy (non-hydrogen) atoms. The number of piperidine rings is 1. The number of sulfonamides is 1. The highest BCUT2D eigenvalue weighted by Crippen LogP contribution is 2.23. The standard InChI is InChI=1S/C19H22N2O4S/c1-14-5-4-6-16(13-14)21-11-9-15(10-12-21)20-26(24,25)18-8-3-2-7-17(18)19(22)23/h2-8,13,15,20H,9-12H2,1H3,(H,22,23). The molecule has 0 radical (unpaired) electrons. The molecule has 0 spiro atoms. The molecule has 2 aromatic rings. The van der Waals surface area contributed by atoms with Gasteiger partial charge in [0.05, 0.1) is 10.5 Å². The molecule has 0 bridgehead atoms. The quantitative estimate of drug-likeness (QED) is 0.840. The van der Waals surface area contributed by atoms with Gasteiger partial charge in [-0.15, -0.1) is 0 Å². The molecule has 0 aliphatic carbocycles. The lowest BCUT2D eigenvalue weighted by atomic mass is 10.1. The maximum Gasteiger partial charge on any atom is 0.337 e. The summed E-state index contributed by atoms with van der Waals surface area (Å²) in [6.45, 7) is 3.54. The zero-order chi connectivity index (χ0) is 18.7. The van der Waals surface area contributed by atoms with Crippen LogP contribution in [-0.2, 0) is 10.0 Å². The largest absolute Gasteiger partial charge is 0.478 e. The summed E-state index contributed by atoms with van der Waals surface area (Å²) >= 11 is 0. The van der Waals surface area contributed by atoms with E-state index in [-0.39, 0.29) is 16.5 Å². The van der Waals surface area contributed by atoms with Crippen LogP contribution in [0.3, 0.4) is 0 Å². The van der Waals surface area contributed by atoms with Gasteiger partial charge in [0.1, 0.15) is 0 Å². The van der Waals surface area contributed by atoms with Crippen LogP contribution in [0.2, 0.25) is 0 Å². The molecule has 1 heterocycles. The summed E-state index contributed by atoms with van der Waals surface area (Å²) in [5, 5.41) is 9.22. The third kappa shape index (κ3) is 4.05. The fourth-order valence-electron chi connectivity index (χ4n) is 3.24. The monoisotopic (exact) mass is 374 g/mol. The molecule has 0 saturated carbocycles. The van der Waals surface area contributed by atoms with Crippen LogP contribution in [0.25, 0.3) is 0 Å². The Morgan fingerprint density at radius 1 is 1.12 bits per heavy atom. The third-order valence-corrected chi connectivity index (χ3v) is 6.17. The van der Waals surface area contributed by atoms with Gasteiger partial charge in [-0.05, 0) is 49.6 Å². The first-order valence-corrected chi connectivity index (χ1v) is 10.0. The lowest BCUT2D eigenvalue weighted by Crippen LogP contribution is -2.44. The second-order valence-electron chi connectivity index (χ2n) is 6.52. The molecule has 0 aromatic heterocycles. The Labute approximate surface area is 153 Å². The number of rotatable bonds is 5. The van der Waals surface area contributed by atoms with Crippen LogP contribution in [0.4, 0.5) is 5.69 Å². The lowest BCUT2D eigenvalue weighted by Gasteiger charge is -2.34. The van der Waals surface area contributed by atoms with E-state index in [1.807, 2.05) is 19.1 Å². The van der Waals surface area contributed by atoms with Crippen LogP contribution in [-0.4, -0.2) is 38.6 Å². The number of nitrogens with one attached hydrogen (secondary N) is 1. The summed E-state index contributed by atoms with van der Waals surface area (Å²) in [5.74, 6) is -1.25. The lowest BCUT2D eigenvalue weighted by molar-refractivity contribution is 0.0692. The Balaban J connectivity index is 1.68. The van der Waals surface area contributed by atoms with E-state index in [0.717, 1.165) is 18.8 Å². The molecule has 0 amide bonds. The normalized spacial score (nSPS) is 15.8. The van der Waals surface area contributed by atoms with Gasteiger partial charge in [-0.1, -0.05) is 24.3 Å². The predicted octanol–water partition coefficient (Wildman–Crippen LogP) is 2.64. The average Bonchev–Trinajstić information content (AvgIpc) is 2.62. The molecule has 3 rings (SSSR count). The van der Waals surface area contributed by atoms with Crippen molar-refractivity contribution >= 4 is 21.7 Å². The Morgan fingerprint density at radius 3 is 2.46 bits per heavy atom. The van der Waals surface area contributed by atoms with Crippen LogP contribution >= 0.6 is 0 Å². The number of aryl methyl sites for hydroxylation is 1. The summed E-state index contributed by atoms with van der Waals surface area (Å²) < 4.78 is 27.9. The topological polar surface area (TPSA) is 86.7 Å². The fraction of sp³-hybridized carbons (Fsp3) is 0.316. The highest BCUT2D eigenvalue weighted by molar-refractivity contribution is 7.89. The van der Waals surface area contributed by atoms with Crippen molar-refractivity contribution in [2.75, 3.05) is 18.0 Å². The van der Waals surface area contributed by atoms with Crippen LogP contribution in [0.5, 0.6) is 0 Å². The molecule has 0 unspecified atom stereocenters. The van der Waals surface area contributed by atoms with Crippen LogP contribution in [0, 0.1) is 6.92 Å². The number of aromatic carboxylic acids is 1. The first-order chi connectivity index (χ1) is 12.4. The van der Waals surface area contributed by atoms with E-state index >= 15 is 0 Å². The number of hydrogen-bond acceptors (Lipinski definition) is 4. The second kappa shape index (κ2) is 7.47. The van der Waals surface area contributed by atoms with Crippen molar-refractivity contribution in [3.8, 4) is 0 Å². The zero-order valence-corrected chi connectivity index (χ0v) is 15.4. The minimum Gasteiger partial charge on any atom is -0.478 e. The van der Waals surface area contributed by atoms with Crippen LogP contribution in [0.15, 0.2) is 53.4 Å². The SMILES string of the molecule is Cc1cccc(N2CCC(NS(=O)(=O)c3ccccc3C(=O)O)CC2)c1. The van der Waals surface area contributed by atoms with E-state index in [4.69, 9.17) is 0 Å². The zero-order valence-electron chi connectivity index (χ0n) is 14.6. The van der Waals surface area contributed by atoms with Gasteiger partial charge in [0.15, 0.2) is 0 Å². The summed E-state index contributed by atoms with van der Waals surface area (Å²) in [6.07, 6.45) is 1.34. The molecule has 1 fully saturated rings. The Hall–Kier alpha value is -2.38. The molecule has 7 heteroatoms. The molecule has 1 aliphatic heterocycles. The number of carboxylic acid groups (broad SMARTS) is 1. The van der Waals surface area contributed by atoms with Crippen LogP contribution in [0.1, 0.15) is 28.8 Å². The number of benzene rings is 2. The molecular weight excluding hydrogens is 352 g/mol. The Morgan fingerprint density at radius 2 is 1.81 bits per heavy atom. The molecule has 0 atom stereocenters. The highest BCUT2D eigenvalue weighted by atomic mass is 32.2. The summed E-state index contributed by atoms with van der Waals surface area (Å²) in [5.41, 5.74) is 2.12. The van der Waals surface area contributed by atoms with Gasteiger partial charge in [0.2, 0.25) is 10.0 Å². The summed E-state index contributed by atoms with van der Waals surface area (Å²) in [7, 11) is -3.87. The summed E-state index contributed by atoms with van der Waals surface area (Å²) in [4.78, 5) is 13.3. The van der Waals surface area contributed by atoms with E-state index in [9.17, 15) is 18.3 Å². The van der Waals surface area contributed by atoms with Gasteiger partial charge in [-0.25, -0.2) is 17.9 Å². The minimum absolute atomic E-state index is 0.186. The van der Waals surface area contributed by atoms with Gasteiger partial charge >= 0.3 is 5.97 Å². The van der Waals surface area contributed by atoms with Crippen molar-refractivity contribution in [3.05, 3.63) is 59.7 Å². The van der Waals surface area contributed by atoms with Crippen molar-refractivity contribution in [2.24, 2.45) is 0 Å². The molecule has 138 valence electrons. The van der Waals surface area contributed by atoms with Crippen molar-refractivity contribution in [1.29, 1.82) is 0 Å². The van der Waals surface area contributed by atoms with E-state index in [1.165, 1.54) is 29.8 Å². The smallest absolute Gasteiger partial charge is 0.337 e. The summed E-state index contributed by atoms with van der Waals surface area (Å²) in [6, 6.07) is 13.7. The molecular formula is C19H22N2O4S. The Bertz CT molecular complexity index is 903. The van der Waals surface area contributed by atoms with E-state index in [1.54, 1.807) is 0 Å². The molecule has 1 aliphatic rings. The van der Waals surface area contributed by atoms with Gasteiger partial charge in [-0.3, -0.25) is 0 Å².